The second kappa shape index (κ2) is 8.68. The molecule has 0 aliphatic carbocycles. The van der Waals surface area contributed by atoms with Crippen LogP contribution in [0.5, 0.6) is 0 Å². The first kappa shape index (κ1) is 18.3. The average molecular weight is 365 g/mol. The standard InChI is InChI=1S/C17H17ClN4O.ClH/c18-14-7-3-1-5-12(14)11-20-17-21-15-8-4-2-6-13(15)16(22-17)19-9-10-23;/h1-8,23H,9-11H2,(H2,19,20,21,22);1H. The van der Waals surface area contributed by atoms with Crippen molar-refractivity contribution < 1.29 is 5.11 Å². The number of nitrogens with zero attached hydrogens (tertiary/aromatic N) is 2. The second-order valence-electron chi connectivity index (χ2n) is 5.01. The molecule has 0 unspecified atom stereocenters. The SMILES string of the molecule is Cl.OCCNc1nc(NCc2ccccc2Cl)nc2ccccc12. The Balaban J connectivity index is 0.00000208. The van der Waals surface area contributed by atoms with Crippen LogP contribution in [0.4, 0.5) is 11.8 Å². The van der Waals surface area contributed by atoms with Crippen LogP contribution in [-0.2, 0) is 6.54 Å². The largest absolute Gasteiger partial charge is 0.395 e. The molecule has 0 aliphatic rings. The van der Waals surface area contributed by atoms with Crippen LogP contribution in [0.2, 0.25) is 5.02 Å². The molecule has 0 saturated carbocycles. The van der Waals surface area contributed by atoms with Crippen LogP contribution in [0, 0.1) is 0 Å². The van der Waals surface area contributed by atoms with Gasteiger partial charge in [-0.15, -0.1) is 12.4 Å². The van der Waals surface area contributed by atoms with Crippen LogP contribution in [0.25, 0.3) is 10.9 Å². The summed E-state index contributed by atoms with van der Waals surface area (Å²) >= 11 is 6.16. The van der Waals surface area contributed by atoms with Gasteiger partial charge in [0.05, 0.1) is 12.1 Å². The van der Waals surface area contributed by atoms with E-state index in [1.165, 1.54) is 0 Å². The molecule has 1 aromatic heterocycles. The zero-order valence-corrected chi connectivity index (χ0v) is 14.4. The van der Waals surface area contributed by atoms with Gasteiger partial charge in [-0.2, -0.15) is 4.98 Å². The number of aromatic nitrogens is 2. The molecule has 0 saturated heterocycles. The summed E-state index contributed by atoms with van der Waals surface area (Å²) in [6.07, 6.45) is 0. The first-order chi connectivity index (χ1) is 11.3. The van der Waals surface area contributed by atoms with Crippen LogP contribution < -0.4 is 10.6 Å². The van der Waals surface area contributed by atoms with E-state index in [4.69, 9.17) is 16.7 Å². The molecule has 0 fully saturated rings. The molecule has 0 aliphatic heterocycles. The fraction of sp³-hybridized carbons (Fsp3) is 0.176. The number of halogens is 2. The van der Waals surface area contributed by atoms with Gasteiger partial charge in [0.15, 0.2) is 0 Å². The first-order valence-corrected chi connectivity index (χ1v) is 7.74. The number of nitrogens with one attached hydrogen (secondary N) is 2. The molecule has 3 aromatic rings. The van der Waals surface area contributed by atoms with Gasteiger partial charge in [0.25, 0.3) is 0 Å². The van der Waals surface area contributed by atoms with E-state index in [1.54, 1.807) is 0 Å². The van der Waals surface area contributed by atoms with Gasteiger partial charge in [-0.05, 0) is 23.8 Å². The van der Waals surface area contributed by atoms with Gasteiger partial charge >= 0.3 is 0 Å². The summed E-state index contributed by atoms with van der Waals surface area (Å²) in [5.41, 5.74) is 1.82. The highest BCUT2D eigenvalue weighted by molar-refractivity contribution is 6.31. The minimum atomic E-state index is 0. The molecule has 0 amide bonds. The molecular weight excluding hydrogens is 347 g/mol. The summed E-state index contributed by atoms with van der Waals surface area (Å²) in [7, 11) is 0. The van der Waals surface area contributed by atoms with Crippen molar-refractivity contribution in [2.24, 2.45) is 0 Å². The molecule has 7 heteroatoms. The fourth-order valence-corrected chi connectivity index (χ4v) is 2.48. The number of aliphatic hydroxyl groups is 1. The van der Waals surface area contributed by atoms with Crippen LogP contribution >= 0.6 is 24.0 Å². The van der Waals surface area contributed by atoms with Crippen molar-refractivity contribution in [1.82, 2.24) is 9.97 Å². The Morgan fingerprint density at radius 2 is 1.71 bits per heavy atom. The van der Waals surface area contributed by atoms with Gasteiger partial charge in [0.1, 0.15) is 5.82 Å². The highest BCUT2D eigenvalue weighted by atomic mass is 35.5. The Labute approximate surface area is 151 Å². The summed E-state index contributed by atoms with van der Waals surface area (Å²) in [5.74, 6) is 1.22. The maximum atomic E-state index is 9.02. The van der Waals surface area contributed by atoms with Crippen LogP contribution in [0.3, 0.4) is 0 Å². The maximum Gasteiger partial charge on any atom is 0.225 e. The molecule has 1 heterocycles. The van der Waals surface area contributed by atoms with E-state index in [-0.39, 0.29) is 19.0 Å². The number of rotatable bonds is 6. The smallest absolute Gasteiger partial charge is 0.225 e. The van der Waals surface area contributed by atoms with Gasteiger partial charge in [0.2, 0.25) is 5.95 Å². The predicted molar refractivity (Wildman–Crippen MR) is 101 cm³/mol. The van der Waals surface area contributed by atoms with E-state index in [9.17, 15) is 0 Å². The van der Waals surface area contributed by atoms with Crippen LogP contribution in [-0.4, -0.2) is 28.2 Å². The molecule has 0 radical (unpaired) electrons. The minimum absolute atomic E-state index is 0. The monoisotopic (exact) mass is 364 g/mol. The van der Waals surface area contributed by atoms with Crippen molar-refractivity contribution in [3.63, 3.8) is 0 Å². The molecule has 3 rings (SSSR count). The normalized spacial score (nSPS) is 10.2. The van der Waals surface area contributed by atoms with Crippen LogP contribution in [0.15, 0.2) is 48.5 Å². The van der Waals surface area contributed by atoms with E-state index in [0.717, 1.165) is 16.5 Å². The number of para-hydroxylation sites is 1. The zero-order chi connectivity index (χ0) is 16.1. The Hall–Kier alpha value is -2.08. The number of anilines is 2. The number of hydrogen-bond donors (Lipinski definition) is 3. The van der Waals surface area contributed by atoms with E-state index in [2.05, 4.69) is 20.6 Å². The van der Waals surface area contributed by atoms with Crippen molar-refractivity contribution in [3.05, 3.63) is 59.1 Å². The second-order valence-corrected chi connectivity index (χ2v) is 5.42. The molecule has 0 spiro atoms. The predicted octanol–water partition coefficient (Wildman–Crippen LogP) is 3.72. The van der Waals surface area contributed by atoms with Gasteiger partial charge < -0.3 is 15.7 Å². The van der Waals surface area contributed by atoms with Gasteiger partial charge in [-0.3, -0.25) is 0 Å². The van der Waals surface area contributed by atoms with Crippen molar-refractivity contribution in [1.29, 1.82) is 0 Å². The van der Waals surface area contributed by atoms with Crippen molar-refractivity contribution in [2.75, 3.05) is 23.8 Å². The third-order valence-electron chi connectivity index (χ3n) is 3.40. The highest BCUT2D eigenvalue weighted by Crippen LogP contribution is 2.22. The maximum absolute atomic E-state index is 9.02. The molecule has 3 N–H and O–H groups in total. The quantitative estimate of drug-likeness (QED) is 0.621. The summed E-state index contributed by atoms with van der Waals surface area (Å²) in [4.78, 5) is 9.02. The lowest BCUT2D eigenvalue weighted by atomic mass is 10.2. The highest BCUT2D eigenvalue weighted by Gasteiger charge is 2.07. The van der Waals surface area contributed by atoms with E-state index in [1.807, 2.05) is 48.5 Å². The van der Waals surface area contributed by atoms with Gasteiger partial charge in [-0.1, -0.05) is 41.9 Å². The van der Waals surface area contributed by atoms with Crippen molar-refractivity contribution in [3.8, 4) is 0 Å². The Morgan fingerprint density at radius 3 is 2.50 bits per heavy atom. The first-order valence-electron chi connectivity index (χ1n) is 7.36. The summed E-state index contributed by atoms with van der Waals surface area (Å²) < 4.78 is 0. The molecule has 0 bridgehead atoms. The van der Waals surface area contributed by atoms with Crippen molar-refractivity contribution >= 4 is 46.7 Å². The lowest BCUT2D eigenvalue weighted by molar-refractivity contribution is 0.311. The minimum Gasteiger partial charge on any atom is -0.395 e. The fourth-order valence-electron chi connectivity index (χ4n) is 2.28. The number of benzene rings is 2. The van der Waals surface area contributed by atoms with E-state index < -0.39 is 0 Å². The summed E-state index contributed by atoms with van der Waals surface area (Å²) in [6.45, 7) is 1.02. The third kappa shape index (κ3) is 4.26. The number of fused-ring (bicyclic) bond motifs is 1. The topological polar surface area (TPSA) is 70.1 Å². The molecule has 0 atom stereocenters. The Kier molecular flexibility index (Phi) is 6.61. The Bertz CT molecular complexity index is 813. The molecular formula is C17H18Cl2N4O. The lowest BCUT2D eigenvalue weighted by Crippen LogP contribution is -2.10. The van der Waals surface area contributed by atoms with Crippen molar-refractivity contribution in [2.45, 2.75) is 6.54 Å². The molecule has 2 aromatic carbocycles. The average Bonchev–Trinajstić information content (AvgIpc) is 2.59. The zero-order valence-electron chi connectivity index (χ0n) is 12.9. The third-order valence-corrected chi connectivity index (χ3v) is 3.77. The van der Waals surface area contributed by atoms with Crippen LogP contribution in [0.1, 0.15) is 5.56 Å². The number of aliphatic hydroxyl groups excluding tert-OH is 1. The van der Waals surface area contributed by atoms with E-state index >= 15 is 0 Å². The molecule has 5 nitrogen and oxygen atoms in total. The van der Waals surface area contributed by atoms with Gasteiger partial charge in [0, 0.05) is 23.5 Å². The molecule has 24 heavy (non-hydrogen) atoms. The van der Waals surface area contributed by atoms with E-state index in [0.29, 0.717) is 29.9 Å². The number of hydrogen-bond acceptors (Lipinski definition) is 5. The molecule has 126 valence electrons. The lowest BCUT2D eigenvalue weighted by Gasteiger charge is -2.11. The summed E-state index contributed by atoms with van der Waals surface area (Å²) in [5, 5.41) is 17.0. The van der Waals surface area contributed by atoms with Gasteiger partial charge in [-0.25, -0.2) is 4.98 Å². The Morgan fingerprint density at radius 1 is 0.958 bits per heavy atom. The summed E-state index contributed by atoms with van der Waals surface area (Å²) in [6, 6.07) is 15.4.